The van der Waals surface area contributed by atoms with Gasteiger partial charge in [0.15, 0.2) is 0 Å². The Labute approximate surface area is 93.2 Å². The fourth-order valence-corrected chi connectivity index (χ4v) is 1.90. The third-order valence-corrected chi connectivity index (χ3v) is 2.82. The van der Waals surface area contributed by atoms with E-state index >= 15 is 0 Å². The molecule has 4 nitrogen and oxygen atoms in total. The van der Waals surface area contributed by atoms with Crippen LogP contribution in [0, 0.1) is 0 Å². The molecule has 1 rings (SSSR count). The number of aromatic nitrogens is 1. The van der Waals surface area contributed by atoms with Crippen LogP contribution in [0.4, 0.5) is 5.82 Å². The molecule has 0 saturated heterocycles. The molecule has 15 heavy (non-hydrogen) atoms. The highest BCUT2D eigenvalue weighted by Crippen LogP contribution is 2.14. The van der Waals surface area contributed by atoms with E-state index < -0.39 is 0 Å². The van der Waals surface area contributed by atoms with Gasteiger partial charge in [0, 0.05) is 17.7 Å². The summed E-state index contributed by atoms with van der Waals surface area (Å²) in [6, 6.07) is 3.76. The number of esters is 1. The van der Waals surface area contributed by atoms with E-state index in [4.69, 9.17) is 5.73 Å². The predicted molar refractivity (Wildman–Crippen MR) is 61.4 cm³/mol. The lowest BCUT2D eigenvalue weighted by molar-refractivity contribution is -0.140. The average Bonchev–Trinajstić information content (AvgIpc) is 2.24. The van der Waals surface area contributed by atoms with E-state index in [0.717, 1.165) is 17.1 Å². The van der Waals surface area contributed by atoms with Gasteiger partial charge in [-0.05, 0) is 17.7 Å². The van der Waals surface area contributed by atoms with Crippen molar-refractivity contribution < 1.29 is 9.53 Å². The molecule has 1 aromatic heterocycles. The number of ether oxygens (including phenoxy) is 1. The number of nitrogens with two attached hydrogens (primary N) is 1. The van der Waals surface area contributed by atoms with E-state index in [1.54, 1.807) is 18.0 Å². The average molecular weight is 226 g/mol. The Bertz CT molecular complexity index is 331. The van der Waals surface area contributed by atoms with Gasteiger partial charge in [-0.25, -0.2) is 4.98 Å². The molecule has 0 aromatic carbocycles. The van der Waals surface area contributed by atoms with Crippen LogP contribution in [0.15, 0.2) is 18.3 Å². The van der Waals surface area contributed by atoms with Crippen molar-refractivity contribution in [1.29, 1.82) is 0 Å². The fraction of sp³-hybridized carbons (Fsp3) is 0.400. The minimum Gasteiger partial charge on any atom is -0.469 e. The van der Waals surface area contributed by atoms with Crippen LogP contribution in [-0.4, -0.2) is 23.8 Å². The van der Waals surface area contributed by atoms with Gasteiger partial charge in [0.1, 0.15) is 5.82 Å². The van der Waals surface area contributed by atoms with Crippen molar-refractivity contribution in [2.45, 2.75) is 12.2 Å². The molecule has 5 heteroatoms. The number of anilines is 1. The van der Waals surface area contributed by atoms with Crippen LogP contribution in [0.3, 0.4) is 0 Å². The lowest BCUT2D eigenvalue weighted by Crippen LogP contribution is -2.01. The first kappa shape index (κ1) is 11.8. The molecule has 0 atom stereocenters. The third kappa shape index (κ3) is 4.69. The highest BCUT2D eigenvalue weighted by molar-refractivity contribution is 7.98. The quantitative estimate of drug-likeness (QED) is 0.608. The molecule has 0 aliphatic rings. The third-order valence-electron chi connectivity index (χ3n) is 1.79. The van der Waals surface area contributed by atoms with Gasteiger partial charge in [0.05, 0.1) is 13.5 Å². The van der Waals surface area contributed by atoms with Crippen LogP contribution in [-0.2, 0) is 15.3 Å². The maximum absolute atomic E-state index is 10.8. The molecular formula is C10H14N2O2S. The molecule has 0 unspecified atom stereocenters. The lowest BCUT2D eigenvalue weighted by atomic mass is 10.3. The van der Waals surface area contributed by atoms with Crippen molar-refractivity contribution >= 4 is 23.5 Å². The first-order valence-electron chi connectivity index (χ1n) is 4.57. The minimum absolute atomic E-state index is 0.170. The van der Waals surface area contributed by atoms with Crippen LogP contribution >= 0.6 is 11.8 Å². The molecule has 0 bridgehead atoms. The van der Waals surface area contributed by atoms with Crippen LogP contribution < -0.4 is 5.73 Å². The summed E-state index contributed by atoms with van der Waals surface area (Å²) in [6.45, 7) is 0. The summed E-state index contributed by atoms with van der Waals surface area (Å²) in [6.07, 6.45) is 2.13. The monoisotopic (exact) mass is 226 g/mol. The topological polar surface area (TPSA) is 65.2 Å². The van der Waals surface area contributed by atoms with Crippen LogP contribution in [0.5, 0.6) is 0 Å². The Balaban J connectivity index is 2.23. The molecular weight excluding hydrogens is 212 g/mol. The Morgan fingerprint density at radius 3 is 3.13 bits per heavy atom. The largest absolute Gasteiger partial charge is 0.469 e. The summed E-state index contributed by atoms with van der Waals surface area (Å²) in [5.41, 5.74) is 6.66. The van der Waals surface area contributed by atoms with Crippen molar-refractivity contribution in [1.82, 2.24) is 4.98 Å². The first-order chi connectivity index (χ1) is 7.22. The molecule has 0 aliphatic carbocycles. The SMILES string of the molecule is COC(=O)CCSCc1ccnc(N)c1. The van der Waals surface area contributed by atoms with Gasteiger partial charge in [0.25, 0.3) is 0 Å². The summed E-state index contributed by atoms with van der Waals surface area (Å²) in [5, 5.41) is 0. The molecule has 0 spiro atoms. The number of rotatable bonds is 5. The van der Waals surface area contributed by atoms with E-state index in [-0.39, 0.29) is 5.97 Å². The van der Waals surface area contributed by atoms with Gasteiger partial charge in [-0.15, -0.1) is 0 Å². The molecule has 0 amide bonds. The van der Waals surface area contributed by atoms with Gasteiger partial charge in [-0.2, -0.15) is 11.8 Å². The number of methoxy groups -OCH3 is 1. The number of pyridine rings is 1. The highest BCUT2D eigenvalue weighted by Gasteiger charge is 2.00. The van der Waals surface area contributed by atoms with Crippen molar-refractivity contribution in [2.75, 3.05) is 18.6 Å². The van der Waals surface area contributed by atoms with Crippen molar-refractivity contribution in [2.24, 2.45) is 0 Å². The van der Waals surface area contributed by atoms with Crippen LogP contribution in [0.1, 0.15) is 12.0 Å². The van der Waals surface area contributed by atoms with E-state index in [1.165, 1.54) is 7.11 Å². The summed E-state index contributed by atoms with van der Waals surface area (Å²) >= 11 is 1.67. The maximum atomic E-state index is 10.8. The Morgan fingerprint density at radius 1 is 1.67 bits per heavy atom. The zero-order chi connectivity index (χ0) is 11.1. The Kier molecular flexibility index (Phi) is 4.97. The molecule has 0 radical (unpaired) electrons. The molecule has 1 heterocycles. The summed E-state index contributed by atoms with van der Waals surface area (Å²) in [5.74, 6) is 1.95. The predicted octanol–water partition coefficient (Wildman–Crippen LogP) is 1.46. The first-order valence-corrected chi connectivity index (χ1v) is 5.73. The van der Waals surface area contributed by atoms with Crippen molar-refractivity contribution in [3.8, 4) is 0 Å². The number of hydrogen-bond acceptors (Lipinski definition) is 5. The highest BCUT2D eigenvalue weighted by atomic mass is 32.2. The van der Waals surface area contributed by atoms with E-state index in [1.807, 2.05) is 12.1 Å². The molecule has 82 valence electrons. The summed E-state index contributed by atoms with van der Waals surface area (Å²) in [7, 11) is 1.40. The van der Waals surface area contributed by atoms with Gasteiger partial charge in [-0.1, -0.05) is 0 Å². The smallest absolute Gasteiger partial charge is 0.306 e. The van der Waals surface area contributed by atoms with Crippen LogP contribution in [0.25, 0.3) is 0 Å². The van der Waals surface area contributed by atoms with Gasteiger partial charge in [0.2, 0.25) is 0 Å². The van der Waals surface area contributed by atoms with Crippen molar-refractivity contribution in [3.63, 3.8) is 0 Å². The van der Waals surface area contributed by atoms with Gasteiger partial charge >= 0.3 is 5.97 Å². The summed E-state index contributed by atoms with van der Waals surface area (Å²) < 4.78 is 4.54. The Hall–Kier alpha value is -1.23. The fourth-order valence-electron chi connectivity index (χ4n) is 1.03. The zero-order valence-electron chi connectivity index (χ0n) is 8.60. The molecule has 2 N–H and O–H groups in total. The number of thioether (sulfide) groups is 1. The normalized spacial score (nSPS) is 9.93. The molecule has 0 fully saturated rings. The number of carbonyl (C=O) groups excluding carboxylic acids is 1. The second kappa shape index (κ2) is 6.29. The van der Waals surface area contributed by atoms with Crippen molar-refractivity contribution in [3.05, 3.63) is 23.9 Å². The number of carbonyl (C=O) groups is 1. The van der Waals surface area contributed by atoms with E-state index in [9.17, 15) is 4.79 Å². The van der Waals surface area contributed by atoms with Crippen LogP contribution in [0.2, 0.25) is 0 Å². The number of nitrogens with zero attached hydrogens (tertiary/aromatic N) is 1. The van der Waals surface area contributed by atoms with Gasteiger partial charge < -0.3 is 10.5 Å². The molecule has 0 saturated carbocycles. The summed E-state index contributed by atoms with van der Waals surface area (Å²) in [4.78, 5) is 14.7. The zero-order valence-corrected chi connectivity index (χ0v) is 9.42. The number of nitrogen functional groups attached to an aromatic ring is 1. The second-order valence-electron chi connectivity index (χ2n) is 2.97. The molecule has 0 aliphatic heterocycles. The Morgan fingerprint density at radius 2 is 2.47 bits per heavy atom. The van der Waals surface area contributed by atoms with E-state index in [2.05, 4.69) is 9.72 Å². The lowest BCUT2D eigenvalue weighted by Gasteiger charge is -2.01. The van der Waals surface area contributed by atoms with Gasteiger partial charge in [-0.3, -0.25) is 4.79 Å². The second-order valence-corrected chi connectivity index (χ2v) is 4.07. The maximum Gasteiger partial charge on any atom is 0.306 e. The molecule has 1 aromatic rings. The number of hydrogen-bond donors (Lipinski definition) is 1. The minimum atomic E-state index is -0.170. The van der Waals surface area contributed by atoms with E-state index in [0.29, 0.717) is 12.2 Å². The standard InChI is InChI=1S/C10H14N2O2S/c1-14-10(13)3-5-15-7-8-2-4-12-9(11)6-8/h2,4,6H,3,5,7H2,1H3,(H2,11,12).